The topological polar surface area (TPSA) is 0 Å². The molecule has 0 spiro atoms. The molecule has 2 aromatic carbocycles. The van der Waals surface area contributed by atoms with Crippen molar-refractivity contribution in [3.63, 3.8) is 0 Å². The Labute approximate surface area is 105 Å². The molecule has 2 rings (SSSR count). The monoisotopic (exact) mass is 326 g/mol. The Bertz CT molecular complexity index is 408. The Morgan fingerprint density at radius 2 is 1.53 bits per heavy atom. The van der Waals surface area contributed by atoms with Crippen LogP contribution in [0.2, 0.25) is 0 Å². The molecule has 0 aromatic heterocycles. The van der Waals surface area contributed by atoms with Gasteiger partial charge in [-0.15, -0.1) is 0 Å². The van der Waals surface area contributed by atoms with E-state index in [0.717, 1.165) is 4.47 Å². The minimum atomic E-state index is 0.544. The molecule has 0 saturated carbocycles. The van der Waals surface area contributed by atoms with Crippen molar-refractivity contribution in [2.45, 2.75) is 5.32 Å². The van der Waals surface area contributed by atoms with Crippen molar-refractivity contribution in [2.75, 3.05) is 0 Å². The quantitative estimate of drug-likeness (QED) is 0.761. The molecule has 0 radical (unpaired) electrons. The van der Waals surface area contributed by atoms with Crippen LogP contribution in [0.3, 0.4) is 0 Å². The van der Waals surface area contributed by atoms with Gasteiger partial charge in [-0.25, -0.2) is 0 Å². The molecule has 2 aromatic rings. The van der Waals surface area contributed by atoms with Crippen molar-refractivity contribution >= 4 is 35.3 Å². The first kappa shape index (κ1) is 10.9. The summed E-state index contributed by atoms with van der Waals surface area (Å²) >= 11 is 3.99. The average Bonchev–Trinajstić information content (AvgIpc) is 2.30. The van der Waals surface area contributed by atoms with Crippen LogP contribution >= 0.6 is 15.9 Å². The standard InChI is InChI=1S/C13H11BrSe/c14-12-6-8-13(9-7-12)15-10-11-4-2-1-3-5-11/h1-9H,10H2. The van der Waals surface area contributed by atoms with E-state index >= 15 is 0 Å². The molecule has 0 bridgehead atoms. The Hall–Kier alpha value is -0.561. The predicted octanol–water partition coefficient (Wildman–Crippen LogP) is 2.98. The second kappa shape index (κ2) is 5.50. The Morgan fingerprint density at radius 1 is 0.867 bits per heavy atom. The molecule has 0 atom stereocenters. The molecule has 0 saturated heterocycles. The van der Waals surface area contributed by atoms with Gasteiger partial charge in [0.25, 0.3) is 0 Å². The van der Waals surface area contributed by atoms with Gasteiger partial charge in [-0.05, 0) is 0 Å². The van der Waals surface area contributed by atoms with Crippen LogP contribution in [0.4, 0.5) is 0 Å². The van der Waals surface area contributed by atoms with Crippen LogP contribution in [0.1, 0.15) is 5.56 Å². The van der Waals surface area contributed by atoms with Crippen LogP contribution in [-0.2, 0) is 5.32 Å². The van der Waals surface area contributed by atoms with Gasteiger partial charge < -0.3 is 0 Å². The number of halogens is 1. The first-order chi connectivity index (χ1) is 7.34. The fraction of sp³-hybridized carbons (Fsp3) is 0.0769. The molecular formula is C13H11BrSe. The van der Waals surface area contributed by atoms with E-state index < -0.39 is 0 Å². The minimum absolute atomic E-state index is 0.544. The zero-order valence-electron chi connectivity index (χ0n) is 8.19. The molecule has 0 aliphatic rings. The van der Waals surface area contributed by atoms with Crippen LogP contribution in [0.15, 0.2) is 59.1 Å². The predicted molar refractivity (Wildman–Crippen MR) is 69.7 cm³/mol. The van der Waals surface area contributed by atoms with E-state index in [-0.39, 0.29) is 0 Å². The van der Waals surface area contributed by atoms with Gasteiger partial charge in [0.1, 0.15) is 0 Å². The van der Waals surface area contributed by atoms with E-state index in [0.29, 0.717) is 15.0 Å². The fourth-order valence-corrected chi connectivity index (χ4v) is 3.33. The maximum atomic E-state index is 3.45. The third kappa shape index (κ3) is 3.49. The average molecular weight is 326 g/mol. The first-order valence-corrected chi connectivity index (χ1v) is 7.63. The van der Waals surface area contributed by atoms with Gasteiger partial charge in [-0.1, -0.05) is 0 Å². The van der Waals surface area contributed by atoms with Gasteiger partial charge >= 0.3 is 105 Å². The molecule has 0 amide bonds. The molecule has 0 fully saturated rings. The molecule has 76 valence electrons. The normalized spacial score (nSPS) is 10.2. The van der Waals surface area contributed by atoms with E-state index in [1.54, 1.807) is 0 Å². The molecule has 0 unspecified atom stereocenters. The number of rotatable bonds is 3. The summed E-state index contributed by atoms with van der Waals surface area (Å²) in [5, 5.41) is 1.18. The maximum absolute atomic E-state index is 3.45. The molecule has 0 N–H and O–H groups in total. The summed E-state index contributed by atoms with van der Waals surface area (Å²) in [6.45, 7) is 0. The van der Waals surface area contributed by atoms with Gasteiger partial charge in [0, 0.05) is 0 Å². The summed E-state index contributed by atoms with van der Waals surface area (Å²) in [4.78, 5) is 0. The van der Waals surface area contributed by atoms with Crippen LogP contribution in [0, 0.1) is 0 Å². The van der Waals surface area contributed by atoms with E-state index in [9.17, 15) is 0 Å². The Balaban J connectivity index is 1.96. The second-order valence-corrected chi connectivity index (χ2v) is 6.34. The van der Waals surface area contributed by atoms with Crippen molar-refractivity contribution in [2.24, 2.45) is 0 Å². The zero-order chi connectivity index (χ0) is 10.5. The third-order valence-corrected chi connectivity index (χ3v) is 4.86. The number of benzene rings is 2. The van der Waals surface area contributed by atoms with Crippen molar-refractivity contribution in [1.29, 1.82) is 0 Å². The van der Waals surface area contributed by atoms with Crippen LogP contribution < -0.4 is 4.46 Å². The molecule has 0 aliphatic heterocycles. The number of hydrogen-bond donors (Lipinski definition) is 0. The zero-order valence-corrected chi connectivity index (χ0v) is 11.5. The Kier molecular flexibility index (Phi) is 4.01. The summed E-state index contributed by atoms with van der Waals surface area (Å²) in [6, 6.07) is 19.3. The van der Waals surface area contributed by atoms with Gasteiger partial charge in [0.05, 0.1) is 0 Å². The van der Waals surface area contributed by atoms with E-state index in [1.807, 2.05) is 0 Å². The summed E-state index contributed by atoms with van der Waals surface area (Å²) in [7, 11) is 0. The molecular weight excluding hydrogens is 315 g/mol. The van der Waals surface area contributed by atoms with E-state index in [4.69, 9.17) is 0 Å². The van der Waals surface area contributed by atoms with Crippen molar-refractivity contribution in [3.8, 4) is 0 Å². The first-order valence-electron chi connectivity index (χ1n) is 4.77. The van der Waals surface area contributed by atoms with Gasteiger partial charge in [0.15, 0.2) is 0 Å². The number of hydrogen-bond acceptors (Lipinski definition) is 0. The van der Waals surface area contributed by atoms with Gasteiger partial charge in [-0.2, -0.15) is 0 Å². The summed E-state index contributed by atoms with van der Waals surface area (Å²) in [5.41, 5.74) is 1.43. The SMILES string of the molecule is Brc1ccc([Se]Cc2ccccc2)cc1. The fourth-order valence-electron chi connectivity index (χ4n) is 1.27. The van der Waals surface area contributed by atoms with Crippen molar-refractivity contribution in [1.82, 2.24) is 0 Å². The summed E-state index contributed by atoms with van der Waals surface area (Å²) in [6.07, 6.45) is 0. The van der Waals surface area contributed by atoms with Crippen molar-refractivity contribution in [3.05, 3.63) is 64.6 Å². The van der Waals surface area contributed by atoms with Crippen LogP contribution in [0.25, 0.3) is 0 Å². The van der Waals surface area contributed by atoms with Crippen LogP contribution in [-0.4, -0.2) is 15.0 Å². The molecule has 0 aliphatic carbocycles. The Morgan fingerprint density at radius 3 is 2.20 bits per heavy atom. The van der Waals surface area contributed by atoms with Gasteiger partial charge in [-0.3, -0.25) is 0 Å². The summed E-state index contributed by atoms with van der Waals surface area (Å²) < 4.78 is 2.61. The molecule has 0 nitrogen and oxygen atoms in total. The van der Waals surface area contributed by atoms with Crippen molar-refractivity contribution < 1.29 is 0 Å². The van der Waals surface area contributed by atoms with Crippen LogP contribution in [0.5, 0.6) is 0 Å². The van der Waals surface area contributed by atoms with E-state index in [1.165, 1.54) is 15.3 Å². The molecule has 15 heavy (non-hydrogen) atoms. The molecule has 2 heteroatoms. The third-order valence-electron chi connectivity index (χ3n) is 2.06. The van der Waals surface area contributed by atoms with Gasteiger partial charge in [0.2, 0.25) is 0 Å². The van der Waals surface area contributed by atoms with E-state index in [2.05, 4.69) is 70.5 Å². The summed E-state index contributed by atoms with van der Waals surface area (Å²) in [5.74, 6) is 0. The second-order valence-electron chi connectivity index (χ2n) is 3.23. The molecule has 0 heterocycles.